The van der Waals surface area contributed by atoms with E-state index in [1.807, 2.05) is 0 Å². The molecule has 0 aromatic carbocycles. The molecule has 0 radical (unpaired) electrons. The number of carbonyl (C=O) groups is 2. The highest BCUT2D eigenvalue weighted by Crippen LogP contribution is 2.25. The van der Waals surface area contributed by atoms with E-state index in [0.29, 0.717) is 37.9 Å². The number of hydrogen-bond acceptors (Lipinski definition) is 6. The van der Waals surface area contributed by atoms with Crippen LogP contribution in [0.4, 0.5) is 9.59 Å². The molecule has 1 fully saturated rings. The van der Waals surface area contributed by atoms with E-state index in [4.69, 9.17) is 18.9 Å². The third-order valence-electron chi connectivity index (χ3n) is 4.68. The summed E-state index contributed by atoms with van der Waals surface area (Å²) in [4.78, 5) is 23.8. The zero-order valence-electron chi connectivity index (χ0n) is 17.5. The summed E-state index contributed by atoms with van der Waals surface area (Å²) in [6, 6.07) is 0. The first kappa shape index (κ1) is 23.6. The van der Waals surface area contributed by atoms with Gasteiger partial charge in [0.25, 0.3) is 0 Å². The fourth-order valence-corrected chi connectivity index (χ4v) is 3.10. The minimum absolute atomic E-state index is 0.355. The van der Waals surface area contributed by atoms with Gasteiger partial charge in [0.15, 0.2) is 0 Å². The molecule has 1 aliphatic rings. The molecular formula is C21H38O6. The van der Waals surface area contributed by atoms with Crippen LogP contribution in [0.5, 0.6) is 0 Å². The van der Waals surface area contributed by atoms with E-state index >= 15 is 0 Å². The molecule has 6 nitrogen and oxygen atoms in total. The van der Waals surface area contributed by atoms with Crippen molar-refractivity contribution in [3.63, 3.8) is 0 Å². The molecule has 0 aromatic rings. The number of hydrogen-bond donors (Lipinski definition) is 0. The maximum Gasteiger partial charge on any atom is 0.508 e. The van der Waals surface area contributed by atoms with Crippen molar-refractivity contribution in [2.75, 3.05) is 13.2 Å². The molecule has 1 aliphatic carbocycles. The molecule has 0 spiro atoms. The number of rotatable bonds is 11. The normalized spacial score (nSPS) is 19.8. The van der Waals surface area contributed by atoms with E-state index in [1.165, 1.54) is 0 Å². The fourth-order valence-electron chi connectivity index (χ4n) is 3.10. The zero-order valence-corrected chi connectivity index (χ0v) is 17.5. The van der Waals surface area contributed by atoms with Gasteiger partial charge in [-0.05, 0) is 63.2 Å². The highest BCUT2D eigenvalue weighted by molar-refractivity contribution is 5.61. The van der Waals surface area contributed by atoms with E-state index in [9.17, 15) is 9.59 Å². The van der Waals surface area contributed by atoms with Crippen molar-refractivity contribution >= 4 is 12.3 Å². The quantitative estimate of drug-likeness (QED) is 0.327. The predicted octanol–water partition coefficient (Wildman–Crippen LogP) is 5.87. The SMILES string of the molecule is CC(C)CCCCOC(=O)OC1CCCCC1OC(=O)OCCCC(C)C. The summed E-state index contributed by atoms with van der Waals surface area (Å²) >= 11 is 0. The lowest BCUT2D eigenvalue weighted by molar-refractivity contribution is -0.0713. The molecule has 2 atom stereocenters. The summed E-state index contributed by atoms with van der Waals surface area (Å²) in [7, 11) is 0. The number of ether oxygens (including phenoxy) is 4. The fraction of sp³-hybridized carbons (Fsp3) is 0.905. The molecule has 1 rings (SSSR count). The maximum absolute atomic E-state index is 11.9. The molecular weight excluding hydrogens is 348 g/mol. The van der Waals surface area contributed by atoms with E-state index in [0.717, 1.165) is 44.9 Å². The summed E-state index contributed by atoms with van der Waals surface area (Å²) in [6.45, 7) is 9.33. The van der Waals surface area contributed by atoms with E-state index in [1.54, 1.807) is 0 Å². The number of unbranched alkanes of at least 4 members (excludes halogenated alkanes) is 1. The van der Waals surface area contributed by atoms with Crippen molar-refractivity contribution < 1.29 is 28.5 Å². The van der Waals surface area contributed by atoms with Gasteiger partial charge in [0, 0.05) is 0 Å². The molecule has 0 amide bonds. The van der Waals surface area contributed by atoms with Crippen LogP contribution in [0.1, 0.15) is 85.5 Å². The highest BCUT2D eigenvalue weighted by Gasteiger charge is 2.32. The van der Waals surface area contributed by atoms with Crippen molar-refractivity contribution in [3.8, 4) is 0 Å². The van der Waals surface area contributed by atoms with Gasteiger partial charge in [-0.15, -0.1) is 0 Å². The maximum atomic E-state index is 11.9. The van der Waals surface area contributed by atoms with Crippen LogP contribution in [0.3, 0.4) is 0 Å². The molecule has 27 heavy (non-hydrogen) atoms. The van der Waals surface area contributed by atoms with Gasteiger partial charge in [0.05, 0.1) is 13.2 Å². The third-order valence-corrected chi connectivity index (χ3v) is 4.68. The Hall–Kier alpha value is -1.46. The molecule has 0 N–H and O–H groups in total. The molecule has 1 saturated carbocycles. The van der Waals surface area contributed by atoms with Crippen molar-refractivity contribution in [1.82, 2.24) is 0 Å². The topological polar surface area (TPSA) is 71.1 Å². The minimum Gasteiger partial charge on any atom is -0.434 e. The molecule has 0 aromatic heterocycles. The predicted molar refractivity (Wildman–Crippen MR) is 104 cm³/mol. The molecule has 0 bridgehead atoms. The summed E-state index contributed by atoms with van der Waals surface area (Å²) in [5.74, 6) is 1.24. The second-order valence-corrected chi connectivity index (χ2v) is 8.22. The van der Waals surface area contributed by atoms with Gasteiger partial charge in [-0.2, -0.15) is 0 Å². The second kappa shape index (κ2) is 13.7. The van der Waals surface area contributed by atoms with E-state index in [-0.39, 0.29) is 0 Å². The van der Waals surface area contributed by atoms with Crippen molar-refractivity contribution in [2.45, 2.75) is 97.7 Å². The lowest BCUT2D eigenvalue weighted by atomic mass is 9.95. The number of carbonyl (C=O) groups excluding carboxylic acids is 2. The lowest BCUT2D eigenvalue weighted by Crippen LogP contribution is -2.38. The van der Waals surface area contributed by atoms with Gasteiger partial charge >= 0.3 is 12.3 Å². The van der Waals surface area contributed by atoms with Crippen LogP contribution in [0.25, 0.3) is 0 Å². The van der Waals surface area contributed by atoms with Crippen LogP contribution < -0.4 is 0 Å². The first-order valence-corrected chi connectivity index (χ1v) is 10.5. The van der Waals surface area contributed by atoms with Gasteiger partial charge in [-0.3, -0.25) is 0 Å². The summed E-state index contributed by atoms with van der Waals surface area (Å²) in [5.41, 5.74) is 0. The van der Waals surface area contributed by atoms with Gasteiger partial charge in [0.1, 0.15) is 12.2 Å². The highest BCUT2D eigenvalue weighted by atomic mass is 16.8. The van der Waals surface area contributed by atoms with Crippen LogP contribution in [-0.4, -0.2) is 37.7 Å². The molecule has 0 aliphatic heterocycles. The minimum atomic E-state index is -0.679. The van der Waals surface area contributed by atoms with Crippen molar-refractivity contribution in [1.29, 1.82) is 0 Å². The summed E-state index contributed by atoms with van der Waals surface area (Å²) in [5, 5.41) is 0. The molecule has 6 heteroatoms. The lowest BCUT2D eigenvalue weighted by Gasteiger charge is -2.29. The monoisotopic (exact) mass is 386 g/mol. The average molecular weight is 387 g/mol. The van der Waals surface area contributed by atoms with E-state index < -0.39 is 24.5 Å². The second-order valence-electron chi connectivity index (χ2n) is 8.22. The Labute approximate surface area is 164 Å². The van der Waals surface area contributed by atoms with Crippen molar-refractivity contribution in [2.24, 2.45) is 11.8 Å². The van der Waals surface area contributed by atoms with Gasteiger partial charge < -0.3 is 18.9 Å². The molecule has 158 valence electrons. The summed E-state index contributed by atoms with van der Waals surface area (Å²) < 4.78 is 21.1. The van der Waals surface area contributed by atoms with Crippen LogP contribution in [-0.2, 0) is 18.9 Å². The Morgan fingerprint density at radius 3 is 1.67 bits per heavy atom. The average Bonchev–Trinajstić information content (AvgIpc) is 2.59. The van der Waals surface area contributed by atoms with E-state index in [2.05, 4.69) is 27.7 Å². The Kier molecular flexibility index (Phi) is 11.9. The van der Waals surface area contributed by atoms with Gasteiger partial charge in [-0.1, -0.05) is 34.1 Å². The first-order valence-electron chi connectivity index (χ1n) is 10.5. The standard InChI is InChI=1S/C21H38O6/c1-16(2)10-7-8-14-24-20(22)26-18-12-5-6-13-19(18)27-21(23)25-15-9-11-17(3)4/h16-19H,5-15H2,1-4H3. The smallest absolute Gasteiger partial charge is 0.434 e. The van der Waals surface area contributed by atoms with Crippen molar-refractivity contribution in [3.05, 3.63) is 0 Å². The Bertz CT molecular complexity index is 421. The Balaban J connectivity index is 2.27. The molecule has 2 unspecified atom stereocenters. The largest absolute Gasteiger partial charge is 0.508 e. The first-order chi connectivity index (χ1) is 12.9. The van der Waals surface area contributed by atoms with Crippen LogP contribution in [0.15, 0.2) is 0 Å². The zero-order chi connectivity index (χ0) is 20.1. The summed E-state index contributed by atoms with van der Waals surface area (Å²) in [6.07, 6.45) is 5.78. The Morgan fingerprint density at radius 1 is 0.741 bits per heavy atom. The molecule has 0 heterocycles. The van der Waals surface area contributed by atoms with Crippen LogP contribution in [0.2, 0.25) is 0 Å². The van der Waals surface area contributed by atoms with Crippen LogP contribution in [0, 0.1) is 11.8 Å². The molecule has 0 saturated heterocycles. The van der Waals surface area contributed by atoms with Gasteiger partial charge in [0.2, 0.25) is 0 Å². The third kappa shape index (κ3) is 11.8. The van der Waals surface area contributed by atoms with Crippen LogP contribution >= 0.6 is 0 Å². The van der Waals surface area contributed by atoms with Gasteiger partial charge in [-0.25, -0.2) is 9.59 Å². The Morgan fingerprint density at radius 2 is 1.19 bits per heavy atom.